The topological polar surface area (TPSA) is 63.9 Å². The van der Waals surface area contributed by atoms with Crippen LogP contribution in [0.2, 0.25) is 0 Å². The Hall–Kier alpha value is -2.74. The minimum absolute atomic E-state index is 0.0345. The smallest absolute Gasteiger partial charge is 0.233 e. The number of amides is 1. The van der Waals surface area contributed by atoms with E-state index < -0.39 is 0 Å². The van der Waals surface area contributed by atoms with Crippen LogP contribution in [-0.2, 0) is 18.4 Å². The predicted octanol–water partition coefficient (Wildman–Crippen LogP) is 2.77. The maximum absolute atomic E-state index is 13.0. The van der Waals surface area contributed by atoms with Crippen LogP contribution in [0.4, 0.5) is 4.39 Å². The van der Waals surface area contributed by atoms with Crippen LogP contribution < -0.4 is 0 Å². The lowest BCUT2D eigenvalue weighted by Crippen LogP contribution is -2.27. The fraction of sp³-hybridized carbons (Fsp3) is 0.222. The number of halogens is 1. The van der Waals surface area contributed by atoms with Crippen LogP contribution in [0.1, 0.15) is 5.56 Å². The Morgan fingerprint density at radius 3 is 2.54 bits per heavy atom. The molecule has 0 saturated carbocycles. The van der Waals surface area contributed by atoms with Crippen molar-refractivity contribution in [3.63, 3.8) is 0 Å². The first-order valence-electron chi connectivity index (χ1n) is 7.95. The molecule has 26 heavy (non-hydrogen) atoms. The minimum atomic E-state index is -0.287. The zero-order valence-electron chi connectivity index (χ0n) is 14.5. The zero-order valence-corrected chi connectivity index (χ0v) is 15.3. The third-order valence-electron chi connectivity index (χ3n) is 3.86. The lowest BCUT2D eigenvalue weighted by atomic mass is 10.2. The maximum atomic E-state index is 13.0. The molecule has 0 aliphatic carbocycles. The van der Waals surface area contributed by atoms with E-state index in [9.17, 15) is 9.18 Å². The van der Waals surface area contributed by atoms with Gasteiger partial charge in [0.25, 0.3) is 0 Å². The summed E-state index contributed by atoms with van der Waals surface area (Å²) in [7, 11) is 3.59. The van der Waals surface area contributed by atoms with Crippen LogP contribution in [0.15, 0.2) is 53.9 Å². The first-order valence-corrected chi connectivity index (χ1v) is 8.94. The Balaban J connectivity index is 1.59. The largest absolute Gasteiger partial charge is 0.341 e. The van der Waals surface area contributed by atoms with Gasteiger partial charge in [0.1, 0.15) is 5.82 Å². The van der Waals surface area contributed by atoms with Gasteiger partial charge in [0.2, 0.25) is 5.91 Å². The molecule has 8 heteroatoms. The quantitative estimate of drug-likeness (QED) is 0.624. The van der Waals surface area contributed by atoms with Crippen molar-refractivity contribution >= 4 is 17.7 Å². The first-order chi connectivity index (χ1) is 12.5. The predicted molar refractivity (Wildman–Crippen MR) is 97.8 cm³/mol. The number of nitrogens with zero attached hydrogens (tertiary/aromatic N) is 5. The third-order valence-corrected chi connectivity index (χ3v) is 4.86. The molecular weight excluding hydrogens is 353 g/mol. The van der Waals surface area contributed by atoms with Gasteiger partial charge in [0, 0.05) is 38.6 Å². The molecule has 1 aromatic carbocycles. The molecule has 134 valence electrons. The molecule has 0 radical (unpaired) electrons. The summed E-state index contributed by atoms with van der Waals surface area (Å²) in [5.41, 5.74) is 1.80. The highest BCUT2D eigenvalue weighted by Crippen LogP contribution is 2.22. The lowest BCUT2D eigenvalue weighted by molar-refractivity contribution is -0.127. The van der Waals surface area contributed by atoms with E-state index in [4.69, 9.17) is 0 Å². The number of hydrogen-bond donors (Lipinski definition) is 0. The average Bonchev–Trinajstić information content (AvgIpc) is 3.03. The van der Waals surface area contributed by atoms with Crippen molar-refractivity contribution in [1.82, 2.24) is 24.6 Å². The van der Waals surface area contributed by atoms with Gasteiger partial charge in [-0.2, -0.15) is 0 Å². The van der Waals surface area contributed by atoms with E-state index in [0.29, 0.717) is 11.7 Å². The average molecular weight is 371 g/mol. The molecule has 0 spiro atoms. The monoisotopic (exact) mass is 371 g/mol. The van der Waals surface area contributed by atoms with Gasteiger partial charge in [-0.3, -0.25) is 9.78 Å². The summed E-state index contributed by atoms with van der Waals surface area (Å²) >= 11 is 1.33. The summed E-state index contributed by atoms with van der Waals surface area (Å²) in [4.78, 5) is 17.9. The van der Waals surface area contributed by atoms with Crippen LogP contribution in [0, 0.1) is 5.82 Å². The van der Waals surface area contributed by atoms with Crippen molar-refractivity contribution in [3.05, 3.63) is 60.2 Å². The summed E-state index contributed by atoms with van der Waals surface area (Å²) < 4.78 is 14.8. The van der Waals surface area contributed by atoms with Crippen molar-refractivity contribution in [2.45, 2.75) is 11.7 Å². The second-order valence-corrected chi connectivity index (χ2v) is 6.71. The molecule has 0 fully saturated rings. The van der Waals surface area contributed by atoms with Gasteiger partial charge in [-0.15, -0.1) is 10.2 Å². The van der Waals surface area contributed by atoms with E-state index in [0.717, 1.165) is 17.0 Å². The van der Waals surface area contributed by atoms with E-state index in [2.05, 4.69) is 15.2 Å². The first kappa shape index (κ1) is 18.1. The standard InChI is InChI=1S/C18H18FN5OS/c1-23(11-13-3-5-15(19)6-4-13)16(25)12-26-18-22-21-17(24(18)2)14-7-9-20-10-8-14/h3-10H,11-12H2,1-2H3. The van der Waals surface area contributed by atoms with Crippen LogP contribution in [0.3, 0.4) is 0 Å². The summed E-state index contributed by atoms with van der Waals surface area (Å²) in [6, 6.07) is 9.86. The Morgan fingerprint density at radius 1 is 1.15 bits per heavy atom. The third kappa shape index (κ3) is 4.26. The number of hydrogen-bond acceptors (Lipinski definition) is 5. The summed E-state index contributed by atoms with van der Waals surface area (Å²) in [5, 5.41) is 9.02. The van der Waals surface area contributed by atoms with E-state index >= 15 is 0 Å². The Labute approximate surface area is 155 Å². The number of aromatic nitrogens is 4. The normalized spacial score (nSPS) is 10.7. The van der Waals surface area contributed by atoms with Gasteiger partial charge < -0.3 is 9.47 Å². The SMILES string of the molecule is CN(Cc1ccc(F)cc1)C(=O)CSc1nnc(-c2ccncc2)n1C. The van der Waals surface area contributed by atoms with Gasteiger partial charge in [0.05, 0.1) is 5.75 Å². The van der Waals surface area contributed by atoms with Gasteiger partial charge in [-0.25, -0.2) is 4.39 Å². The fourth-order valence-electron chi connectivity index (χ4n) is 2.38. The zero-order chi connectivity index (χ0) is 18.5. The van der Waals surface area contributed by atoms with Crippen LogP contribution >= 0.6 is 11.8 Å². The Bertz CT molecular complexity index is 882. The van der Waals surface area contributed by atoms with Crippen molar-refractivity contribution in [2.75, 3.05) is 12.8 Å². The van der Waals surface area contributed by atoms with Crippen molar-refractivity contribution in [3.8, 4) is 11.4 Å². The van der Waals surface area contributed by atoms with Crippen LogP contribution in [-0.4, -0.2) is 43.4 Å². The fourth-order valence-corrected chi connectivity index (χ4v) is 3.23. The number of pyridine rings is 1. The molecule has 1 amide bonds. The van der Waals surface area contributed by atoms with Crippen molar-refractivity contribution in [2.24, 2.45) is 7.05 Å². The van der Waals surface area contributed by atoms with E-state index in [1.807, 2.05) is 23.7 Å². The van der Waals surface area contributed by atoms with Crippen LogP contribution in [0.25, 0.3) is 11.4 Å². The highest BCUT2D eigenvalue weighted by atomic mass is 32.2. The van der Waals surface area contributed by atoms with Gasteiger partial charge in [-0.05, 0) is 29.8 Å². The van der Waals surface area contributed by atoms with Gasteiger partial charge in [0.15, 0.2) is 11.0 Å². The van der Waals surface area contributed by atoms with Crippen molar-refractivity contribution < 1.29 is 9.18 Å². The number of carbonyl (C=O) groups is 1. The molecule has 0 atom stereocenters. The molecular formula is C18H18FN5OS. The molecule has 3 rings (SSSR count). The highest BCUT2D eigenvalue weighted by Gasteiger charge is 2.15. The summed E-state index contributed by atoms with van der Waals surface area (Å²) in [5.74, 6) is 0.653. The lowest BCUT2D eigenvalue weighted by Gasteiger charge is -2.17. The van der Waals surface area contributed by atoms with Gasteiger partial charge >= 0.3 is 0 Å². The van der Waals surface area contributed by atoms with E-state index in [-0.39, 0.29) is 17.5 Å². The molecule has 2 heterocycles. The Kier molecular flexibility index (Phi) is 5.62. The molecule has 0 saturated heterocycles. The van der Waals surface area contributed by atoms with Crippen LogP contribution in [0.5, 0.6) is 0 Å². The Morgan fingerprint density at radius 2 is 1.85 bits per heavy atom. The van der Waals surface area contributed by atoms with Gasteiger partial charge in [-0.1, -0.05) is 23.9 Å². The second-order valence-electron chi connectivity index (χ2n) is 5.77. The molecule has 0 unspecified atom stereocenters. The number of carbonyl (C=O) groups excluding carboxylic acids is 1. The summed E-state index contributed by atoms with van der Waals surface area (Å²) in [6.45, 7) is 0.431. The highest BCUT2D eigenvalue weighted by molar-refractivity contribution is 7.99. The number of benzene rings is 1. The summed E-state index contributed by atoms with van der Waals surface area (Å²) in [6.07, 6.45) is 3.40. The molecule has 2 aromatic heterocycles. The van der Waals surface area contributed by atoms with E-state index in [1.165, 1.54) is 23.9 Å². The molecule has 0 bridgehead atoms. The molecule has 6 nitrogen and oxygen atoms in total. The molecule has 0 aliphatic rings. The number of rotatable bonds is 6. The molecule has 0 aliphatic heterocycles. The number of thioether (sulfide) groups is 1. The minimum Gasteiger partial charge on any atom is -0.341 e. The van der Waals surface area contributed by atoms with Crippen molar-refractivity contribution in [1.29, 1.82) is 0 Å². The molecule has 3 aromatic rings. The van der Waals surface area contributed by atoms with E-state index in [1.54, 1.807) is 36.5 Å². The second kappa shape index (κ2) is 8.09. The maximum Gasteiger partial charge on any atom is 0.233 e. The molecule has 0 N–H and O–H groups in total.